The van der Waals surface area contributed by atoms with E-state index in [1.807, 2.05) is 0 Å². The summed E-state index contributed by atoms with van der Waals surface area (Å²) in [6.45, 7) is -0.0952. The summed E-state index contributed by atoms with van der Waals surface area (Å²) in [4.78, 5) is 11.6. The molecule has 0 spiro atoms. The Balaban J connectivity index is 2.24. The third-order valence-corrected chi connectivity index (χ3v) is 2.69. The molecule has 1 aromatic rings. The number of aliphatic hydroxyl groups is 2. The van der Waals surface area contributed by atoms with Crippen LogP contribution in [0.4, 0.5) is 0 Å². The second-order valence-corrected chi connectivity index (χ2v) is 3.86. The molecule has 16 heavy (non-hydrogen) atoms. The van der Waals surface area contributed by atoms with Gasteiger partial charge < -0.3 is 14.9 Å². The van der Waals surface area contributed by atoms with Gasteiger partial charge in [0.1, 0.15) is 5.75 Å². The van der Waals surface area contributed by atoms with E-state index < -0.39 is 6.10 Å². The lowest BCUT2D eigenvalue weighted by Crippen LogP contribution is -2.34. The molecular weight excluding hydrogens is 208 g/mol. The van der Waals surface area contributed by atoms with Crippen LogP contribution in [-0.4, -0.2) is 28.7 Å². The molecule has 0 saturated carbocycles. The van der Waals surface area contributed by atoms with Crippen LogP contribution in [0.15, 0.2) is 18.2 Å². The molecule has 0 saturated heterocycles. The summed E-state index contributed by atoms with van der Waals surface area (Å²) in [5.74, 6) is 0.659. The van der Waals surface area contributed by atoms with E-state index >= 15 is 0 Å². The molecule has 0 aromatic heterocycles. The van der Waals surface area contributed by atoms with Crippen LogP contribution >= 0.6 is 0 Å². The topological polar surface area (TPSA) is 66.8 Å². The molecule has 4 heteroatoms. The van der Waals surface area contributed by atoms with Gasteiger partial charge in [-0.2, -0.15) is 0 Å². The fourth-order valence-electron chi connectivity index (χ4n) is 1.84. The summed E-state index contributed by atoms with van der Waals surface area (Å²) in [6, 6.07) is 5.31. The lowest BCUT2D eigenvalue weighted by atomic mass is 9.98. The van der Waals surface area contributed by atoms with Gasteiger partial charge in [-0.15, -0.1) is 0 Å². The van der Waals surface area contributed by atoms with Gasteiger partial charge in [-0.05, 0) is 17.7 Å². The van der Waals surface area contributed by atoms with E-state index in [0.29, 0.717) is 18.6 Å². The smallest absolute Gasteiger partial charge is 0.177 e. The van der Waals surface area contributed by atoms with Crippen molar-refractivity contribution in [1.29, 1.82) is 0 Å². The van der Waals surface area contributed by atoms with Crippen molar-refractivity contribution < 1.29 is 19.7 Å². The van der Waals surface area contributed by atoms with E-state index in [1.54, 1.807) is 18.2 Å². The first kappa shape index (κ1) is 11.1. The number of Topliss-reactive ketones (excluding diaryl/α,β-unsaturated/α-hetero) is 1. The number of benzene rings is 1. The number of aliphatic hydroxyl groups excluding tert-OH is 2. The number of carbonyl (C=O) groups is 1. The number of carbonyl (C=O) groups excluding carboxylic acids is 1. The van der Waals surface area contributed by atoms with Gasteiger partial charge in [-0.3, -0.25) is 4.79 Å². The molecule has 2 rings (SSSR count). The second-order valence-electron chi connectivity index (χ2n) is 3.86. The van der Waals surface area contributed by atoms with Crippen molar-refractivity contribution in [3.8, 4) is 5.75 Å². The molecule has 0 amide bonds. The maximum absolute atomic E-state index is 11.6. The summed E-state index contributed by atoms with van der Waals surface area (Å²) in [7, 11) is 0. The summed E-state index contributed by atoms with van der Waals surface area (Å²) < 4.78 is 5.49. The molecule has 0 aliphatic carbocycles. The van der Waals surface area contributed by atoms with Crippen molar-refractivity contribution in [3.05, 3.63) is 29.3 Å². The molecule has 2 N–H and O–H groups in total. The Labute approximate surface area is 93.5 Å². The normalized spacial score (nSPS) is 19.1. The molecule has 0 unspecified atom stereocenters. The average Bonchev–Trinajstić information content (AvgIpc) is 2.30. The largest absolute Gasteiger partial charge is 0.482 e. The fraction of sp³-hybridized carbons (Fsp3) is 0.417. The predicted molar refractivity (Wildman–Crippen MR) is 57.2 cm³/mol. The quantitative estimate of drug-likeness (QED) is 0.778. The van der Waals surface area contributed by atoms with E-state index in [-0.39, 0.29) is 19.0 Å². The van der Waals surface area contributed by atoms with Gasteiger partial charge in [0, 0.05) is 25.0 Å². The van der Waals surface area contributed by atoms with Crippen LogP contribution in [0.1, 0.15) is 17.5 Å². The molecule has 0 fully saturated rings. The maximum Gasteiger partial charge on any atom is 0.177 e. The second kappa shape index (κ2) is 4.63. The third kappa shape index (κ3) is 2.08. The molecule has 0 bridgehead atoms. The highest BCUT2D eigenvalue weighted by Gasteiger charge is 2.27. The molecular formula is C12H14O4. The van der Waals surface area contributed by atoms with E-state index in [9.17, 15) is 4.79 Å². The van der Waals surface area contributed by atoms with Gasteiger partial charge >= 0.3 is 0 Å². The molecule has 4 nitrogen and oxygen atoms in total. The highest BCUT2D eigenvalue weighted by molar-refractivity contribution is 5.87. The minimum Gasteiger partial charge on any atom is -0.482 e. The number of fused-ring (bicyclic) bond motifs is 1. The zero-order valence-corrected chi connectivity index (χ0v) is 8.85. The van der Waals surface area contributed by atoms with Crippen molar-refractivity contribution in [3.63, 3.8) is 0 Å². The fourth-order valence-corrected chi connectivity index (χ4v) is 1.84. The van der Waals surface area contributed by atoms with Crippen LogP contribution < -0.4 is 4.74 Å². The van der Waals surface area contributed by atoms with E-state index in [0.717, 1.165) is 11.1 Å². The van der Waals surface area contributed by atoms with E-state index in [2.05, 4.69) is 0 Å². The molecule has 86 valence electrons. The first-order chi connectivity index (χ1) is 7.74. The Morgan fingerprint density at radius 2 is 2.19 bits per heavy atom. The van der Waals surface area contributed by atoms with Crippen molar-refractivity contribution >= 4 is 5.78 Å². The Bertz CT molecular complexity index is 400. The van der Waals surface area contributed by atoms with Gasteiger partial charge in [0.05, 0.1) is 6.61 Å². The molecule has 0 radical (unpaired) electrons. The summed E-state index contributed by atoms with van der Waals surface area (Å²) in [5.41, 5.74) is 1.58. The minimum atomic E-state index is -0.530. The Hall–Kier alpha value is -1.39. The maximum atomic E-state index is 11.6. The number of hydrogen-bond acceptors (Lipinski definition) is 4. The van der Waals surface area contributed by atoms with Crippen LogP contribution in [0.2, 0.25) is 0 Å². The number of ketones is 1. The Morgan fingerprint density at radius 3 is 2.88 bits per heavy atom. The zero-order valence-electron chi connectivity index (χ0n) is 8.85. The lowest BCUT2D eigenvalue weighted by Gasteiger charge is -2.24. The standard InChI is InChI=1S/C12H14O4/c13-4-3-12-10(15)6-9-5-8(7-14)1-2-11(9)16-12/h1-2,5,12-14H,3-4,6-7H2/t12-/m0/s1. The van der Waals surface area contributed by atoms with E-state index in [1.165, 1.54) is 0 Å². The van der Waals surface area contributed by atoms with Gasteiger partial charge in [0.25, 0.3) is 0 Å². The molecule has 1 heterocycles. The number of ether oxygens (including phenoxy) is 1. The van der Waals surface area contributed by atoms with Crippen molar-refractivity contribution in [2.45, 2.75) is 25.6 Å². The summed E-state index contributed by atoms with van der Waals surface area (Å²) in [5, 5.41) is 17.8. The van der Waals surface area contributed by atoms with Crippen LogP contribution in [0, 0.1) is 0 Å². The zero-order chi connectivity index (χ0) is 11.5. The van der Waals surface area contributed by atoms with Crippen molar-refractivity contribution in [2.75, 3.05) is 6.61 Å². The molecule has 1 aliphatic heterocycles. The SMILES string of the molecule is O=C1Cc2cc(CO)ccc2O[C@H]1CCO. The van der Waals surface area contributed by atoms with Crippen molar-refractivity contribution in [2.24, 2.45) is 0 Å². The number of rotatable bonds is 3. The van der Waals surface area contributed by atoms with Crippen LogP contribution in [-0.2, 0) is 17.8 Å². The van der Waals surface area contributed by atoms with Crippen LogP contribution in [0.3, 0.4) is 0 Å². The van der Waals surface area contributed by atoms with E-state index in [4.69, 9.17) is 14.9 Å². The summed E-state index contributed by atoms with van der Waals surface area (Å²) >= 11 is 0. The first-order valence-electron chi connectivity index (χ1n) is 5.27. The third-order valence-electron chi connectivity index (χ3n) is 2.69. The average molecular weight is 222 g/mol. The lowest BCUT2D eigenvalue weighted by molar-refractivity contribution is -0.127. The summed E-state index contributed by atoms with van der Waals surface area (Å²) in [6.07, 6.45) is 0.117. The molecule has 1 aliphatic rings. The first-order valence-corrected chi connectivity index (χ1v) is 5.27. The van der Waals surface area contributed by atoms with Gasteiger partial charge in [-0.1, -0.05) is 6.07 Å². The predicted octanol–water partition coefficient (Wildman–Crippen LogP) is 0.434. The highest BCUT2D eigenvalue weighted by Crippen LogP contribution is 2.27. The number of hydrogen-bond donors (Lipinski definition) is 2. The van der Waals surface area contributed by atoms with Crippen LogP contribution in [0.5, 0.6) is 5.75 Å². The van der Waals surface area contributed by atoms with Gasteiger partial charge in [-0.25, -0.2) is 0 Å². The van der Waals surface area contributed by atoms with Gasteiger partial charge in [0.15, 0.2) is 11.9 Å². The molecule has 1 aromatic carbocycles. The Kier molecular flexibility index (Phi) is 3.22. The van der Waals surface area contributed by atoms with Crippen molar-refractivity contribution in [1.82, 2.24) is 0 Å². The monoisotopic (exact) mass is 222 g/mol. The molecule has 1 atom stereocenters. The Morgan fingerprint density at radius 1 is 1.38 bits per heavy atom. The highest BCUT2D eigenvalue weighted by atomic mass is 16.5. The van der Waals surface area contributed by atoms with Gasteiger partial charge in [0.2, 0.25) is 0 Å². The minimum absolute atomic E-state index is 0.0170. The van der Waals surface area contributed by atoms with Crippen LogP contribution in [0.25, 0.3) is 0 Å².